The molecular weight excluding hydrogens is 298 g/mol. The van der Waals surface area contributed by atoms with Gasteiger partial charge in [0.05, 0.1) is 5.39 Å². The Labute approximate surface area is 124 Å². The zero-order valence-electron chi connectivity index (χ0n) is 10.8. The first-order chi connectivity index (χ1) is 9.76. The number of hydrogen-bond acceptors (Lipinski definition) is 7. The zero-order chi connectivity index (χ0) is 13.9. The zero-order valence-corrected chi connectivity index (χ0v) is 12.3. The molecule has 0 saturated heterocycles. The van der Waals surface area contributed by atoms with E-state index in [0.717, 1.165) is 22.5 Å². The van der Waals surface area contributed by atoms with Crippen LogP contribution in [0, 0.1) is 0 Å². The average molecular weight is 310 g/mol. The molecule has 0 fully saturated rings. The summed E-state index contributed by atoms with van der Waals surface area (Å²) in [6.45, 7) is 2.77. The van der Waals surface area contributed by atoms with E-state index in [1.165, 1.54) is 11.3 Å². The molecule has 0 radical (unpaired) electrons. The minimum Gasteiger partial charge on any atom is -0.369 e. The molecule has 104 valence electrons. The Morgan fingerprint density at radius 2 is 2.30 bits per heavy atom. The topological polar surface area (TPSA) is 76.7 Å². The van der Waals surface area contributed by atoms with E-state index in [-0.39, 0.29) is 5.28 Å². The van der Waals surface area contributed by atoms with E-state index in [2.05, 4.69) is 38.4 Å². The number of aromatic nitrogens is 4. The highest BCUT2D eigenvalue weighted by Crippen LogP contribution is 2.30. The molecule has 20 heavy (non-hydrogen) atoms. The Morgan fingerprint density at radius 3 is 3.05 bits per heavy atom. The molecule has 0 aliphatic heterocycles. The molecule has 0 aromatic carbocycles. The maximum atomic E-state index is 5.96. The number of aryl methyl sites for hydroxylation is 1. The lowest BCUT2D eigenvalue weighted by molar-refractivity contribution is 0.410. The first-order valence-corrected chi connectivity index (χ1v) is 7.40. The Kier molecular flexibility index (Phi) is 3.79. The third kappa shape index (κ3) is 2.73. The molecule has 0 amide bonds. The fourth-order valence-electron chi connectivity index (χ4n) is 1.85. The number of fused-ring (bicyclic) bond motifs is 1. The summed E-state index contributed by atoms with van der Waals surface area (Å²) in [4.78, 5) is 14.6. The average Bonchev–Trinajstić information content (AvgIpc) is 3.06. The predicted molar refractivity (Wildman–Crippen MR) is 78.3 cm³/mol. The number of thiophene rings is 1. The van der Waals surface area contributed by atoms with Crippen LogP contribution in [0.5, 0.6) is 0 Å². The molecule has 3 aromatic rings. The van der Waals surface area contributed by atoms with Crippen LogP contribution in [0.2, 0.25) is 5.28 Å². The standard InChI is InChI=1S/C12H12ClN5OS/c1-2-7-5-8-10(16-12(13)17-11(8)20-7)14-4-3-9-15-6-19-18-9/h5-6H,2-4H2,1H3,(H,14,16,17). The molecule has 0 atom stereocenters. The summed E-state index contributed by atoms with van der Waals surface area (Å²) >= 11 is 7.60. The lowest BCUT2D eigenvalue weighted by atomic mass is 10.3. The quantitative estimate of drug-likeness (QED) is 0.730. The minimum absolute atomic E-state index is 0.254. The predicted octanol–water partition coefficient (Wildman–Crippen LogP) is 2.94. The maximum absolute atomic E-state index is 5.96. The molecule has 0 bridgehead atoms. The highest BCUT2D eigenvalue weighted by molar-refractivity contribution is 7.18. The van der Waals surface area contributed by atoms with Crippen LogP contribution in [-0.4, -0.2) is 26.7 Å². The van der Waals surface area contributed by atoms with Gasteiger partial charge in [0.25, 0.3) is 0 Å². The summed E-state index contributed by atoms with van der Waals surface area (Å²) in [6, 6.07) is 2.10. The van der Waals surface area contributed by atoms with Gasteiger partial charge in [-0.15, -0.1) is 11.3 Å². The van der Waals surface area contributed by atoms with Crippen molar-refractivity contribution in [3.63, 3.8) is 0 Å². The fourth-order valence-corrected chi connectivity index (χ4v) is 3.04. The van der Waals surface area contributed by atoms with Crippen molar-refractivity contribution in [1.82, 2.24) is 20.1 Å². The summed E-state index contributed by atoms with van der Waals surface area (Å²) in [5, 5.41) is 8.27. The number of rotatable bonds is 5. The van der Waals surface area contributed by atoms with Crippen LogP contribution in [0.25, 0.3) is 10.2 Å². The van der Waals surface area contributed by atoms with Crippen LogP contribution >= 0.6 is 22.9 Å². The Hall–Kier alpha value is -1.73. The van der Waals surface area contributed by atoms with Crippen molar-refractivity contribution in [2.45, 2.75) is 19.8 Å². The number of nitrogens with one attached hydrogen (secondary N) is 1. The van der Waals surface area contributed by atoms with Gasteiger partial charge in [-0.05, 0) is 24.1 Å². The van der Waals surface area contributed by atoms with Crippen molar-refractivity contribution in [3.8, 4) is 0 Å². The van der Waals surface area contributed by atoms with Crippen LogP contribution in [0.15, 0.2) is 17.0 Å². The number of hydrogen-bond donors (Lipinski definition) is 1. The van der Waals surface area contributed by atoms with E-state index in [4.69, 9.17) is 16.1 Å². The van der Waals surface area contributed by atoms with Gasteiger partial charge in [-0.2, -0.15) is 4.98 Å². The largest absolute Gasteiger partial charge is 0.369 e. The van der Waals surface area contributed by atoms with Crippen LogP contribution in [0.4, 0.5) is 5.82 Å². The van der Waals surface area contributed by atoms with Crippen molar-refractivity contribution in [2.24, 2.45) is 0 Å². The Morgan fingerprint density at radius 1 is 1.40 bits per heavy atom. The maximum Gasteiger partial charge on any atom is 0.225 e. The monoisotopic (exact) mass is 309 g/mol. The van der Waals surface area contributed by atoms with E-state index in [0.29, 0.717) is 18.8 Å². The smallest absolute Gasteiger partial charge is 0.225 e. The number of halogens is 1. The SMILES string of the molecule is CCc1cc2c(NCCc3ncon3)nc(Cl)nc2s1. The van der Waals surface area contributed by atoms with Crippen molar-refractivity contribution in [2.75, 3.05) is 11.9 Å². The molecule has 0 saturated carbocycles. The normalized spacial score (nSPS) is 11.1. The van der Waals surface area contributed by atoms with Gasteiger partial charge in [0, 0.05) is 17.8 Å². The van der Waals surface area contributed by atoms with Crippen LogP contribution in [-0.2, 0) is 12.8 Å². The van der Waals surface area contributed by atoms with Crippen LogP contribution in [0.3, 0.4) is 0 Å². The highest BCUT2D eigenvalue weighted by Gasteiger charge is 2.10. The fraction of sp³-hybridized carbons (Fsp3) is 0.333. The van der Waals surface area contributed by atoms with E-state index in [1.54, 1.807) is 11.3 Å². The van der Waals surface area contributed by atoms with Gasteiger partial charge in [-0.3, -0.25) is 0 Å². The van der Waals surface area contributed by atoms with E-state index < -0.39 is 0 Å². The molecule has 3 rings (SSSR count). The minimum atomic E-state index is 0.254. The van der Waals surface area contributed by atoms with Crippen molar-refractivity contribution >= 4 is 39.0 Å². The Balaban J connectivity index is 1.80. The molecule has 6 nitrogen and oxygen atoms in total. The summed E-state index contributed by atoms with van der Waals surface area (Å²) in [6.07, 6.45) is 2.95. The molecular formula is C12H12ClN5OS. The molecule has 0 aliphatic rings. The lowest BCUT2D eigenvalue weighted by Crippen LogP contribution is -2.08. The third-order valence-corrected chi connectivity index (χ3v) is 4.16. The van der Waals surface area contributed by atoms with Gasteiger partial charge in [-0.1, -0.05) is 12.1 Å². The second-order valence-electron chi connectivity index (χ2n) is 4.15. The van der Waals surface area contributed by atoms with Crippen molar-refractivity contribution in [1.29, 1.82) is 0 Å². The second kappa shape index (κ2) is 5.72. The highest BCUT2D eigenvalue weighted by atomic mass is 35.5. The molecule has 0 aliphatic carbocycles. The van der Waals surface area contributed by atoms with E-state index >= 15 is 0 Å². The van der Waals surface area contributed by atoms with Crippen LogP contribution in [0.1, 0.15) is 17.6 Å². The molecule has 8 heteroatoms. The van der Waals surface area contributed by atoms with Gasteiger partial charge >= 0.3 is 0 Å². The van der Waals surface area contributed by atoms with E-state index in [1.807, 2.05) is 0 Å². The summed E-state index contributed by atoms with van der Waals surface area (Å²) < 4.78 is 4.69. The lowest BCUT2D eigenvalue weighted by Gasteiger charge is -2.05. The molecule has 3 aromatic heterocycles. The third-order valence-electron chi connectivity index (χ3n) is 2.81. The molecule has 1 N–H and O–H groups in total. The van der Waals surface area contributed by atoms with Gasteiger partial charge in [0.1, 0.15) is 10.6 Å². The van der Waals surface area contributed by atoms with Crippen LogP contribution < -0.4 is 5.32 Å². The van der Waals surface area contributed by atoms with Crippen molar-refractivity contribution in [3.05, 3.63) is 28.4 Å². The van der Waals surface area contributed by atoms with Gasteiger partial charge in [0.2, 0.25) is 11.7 Å². The van der Waals surface area contributed by atoms with Gasteiger partial charge < -0.3 is 9.84 Å². The summed E-state index contributed by atoms with van der Waals surface area (Å²) in [7, 11) is 0. The summed E-state index contributed by atoms with van der Waals surface area (Å²) in [5.41, 5.74) is 0. The van der Waals surface area contributed by atoms with Crippen molar-refractivity contribution < 1.29 is 4.52 Å². The number of anilines is 1. The molecule has 0 unspecified atom stereocenters. The van der Waals surface area contributed by atoms with Gasteiger partial charge in [0.15, 0.2) is 5.82 Å². The second-order valence-corrected chi connectivity index (χ2v) is 5.60. The number of nitrogens with zero attached hydrogens (tertiary/aromatic N) is 4. The summed E-state index contributed by atoms with van der Waals surface area (Å²) in [5.74, 6) is 1.41. The first-order valence-electron chi connectivity index (χ1n) is 6.21. The van der Waals surface area contributed by atoms with E-state index in [9.17, 15) is 0 Å². The molecule has 0 spiro atoms. The molecule has 3 heterocycles. The van der Waals surface area contributed by atoms with Gasteiger partial charge in [-0.25, -0.2) is 9.97 Å². The Bertz CT molecular complexity index is 712. The first kappa shape index (κ1) is 13.3.